The van der Waals surface area contributed by atoms with Crippen molar-refractivity contribution < 1.29 is 4.79 Å². The molecule has 0 spiro atoms. The summed E-state index contributed by atoms with van der Waals surface area (Å²) in [5.41, 5.74) is 8.04. The fourth-order valence-electron chi connectivity index (χ4n) is 2.50. The zero-order chi connectivity index (χ0) is 14.3. The van der Waals surface area contributed by atoms with E-state index in [0.717, 1.165) is 18.8 Å². The summed E-state index contributed by atoms with van der Waals surface area (Å²) < 4.78 is 2.49. The van der Waals surface area contributed by atoms with Crippen LogP contribution in [-0.4, -0.2) is 22.2 Å². The minimum atomic E-state index is -0.525. The van der Waals surface area contributed by atoms with Crippen LogP contribution in [0, 0.1) is 6.92 Å². The fourth-order valence-corrected chi connectivity index (χ4v) is 3.10. The van der Waals surface area contributed by atoms with Crippen molar-refractivity contribution >= 4 is 27.7 Å². The number of anilines is 1. The molecule has 0 fully saturated rings. The van der Waals surface area contributed by atoms with Crippen LogP contribution in [0.5, 0.6) is 0 Å². The summed E-state index contributed by atoms with van der Waals surface area (Å²) in [4.78, 5) is 11.4. The predicted octanol–water partition coefficient (Wildman–Crippen LogP) is 2.46. The molecule has 0 saturated heterocycles. The number of rotatable bonds is 2. The number of amides is 1. The van der Waals surface area contributed by atoms with Crippen LogP contribution < -0.4 is 11.1 Å². The van der Waals surface area contributed by atoms with Crippen molar-refractivity contribution in [2.75, 3.05) is 11.9 Å². The number of halogens is 1. The first-order valence-corrected chi connectivity index (χ1v) is 7.25. The number of aromatic nitrogens is 2. The van der Waals surface area contributed by atoms with Crippen LogP contribution in [0.15, 0.2) is 28.7 Å². The number of fused-ring (bicyclic) bond motifs is 1. The molecule has 1 atom stereocenters. The molecule has 1 aromatic heterocycles. The van der Waals surface area contributed by atoms with Crippen LogP contribution in [0.4, 0.5) is 5.82 Å². The van der Waals surface area contributed by atoms with Crippen LogP contribution in [0.2, 0.25) is 0 Å². The molecule has 5 nitrogen and oxygen atoms in total. The Morgan fingerprint density at radius 3 is 2.80 bits per heavy atom. The van der Waals surface area contributed by atoms with Gasteiger partial charge in [-0.1, -0.05) is 29.8 Å². The maximum Gasteiger partial charge on any atom is 0.270 e. The van der Waals surface area contributed by atoms with Gasteiger partial charge in [0.15, 0.2) is 5.69 Å². The van der Waals surface area contributed by atoms with E-state index in [-0.39, 0.29) is 11.7 Å². The van der Waals surface area contributed by atoms with Gasteiger partial charge in [-0.25, -0.2) is 4.68 Å². The number of aryl methyl sites for hydroxylation is 1. The number of nitrogens with zero attached hydrogens (tertiary/aromatic N) is 2. The number of hydrogen-bond acceptors (Lipinski definition) is 3. The van der Waals surface area contributed by atoms with Crippen molar-refractivity contribution in [3.05, 3.63) is 45.6 Å². The molecule has 2 heterocycles. The van der Waals surface area contributed by atoms with Gasteiger partial charge in [-0.05, 0) is 34.8 Å². The molecule has 0 radical (unpaired) electrons. The Labute approximate surface area is 125 Å². The van der Waals surface area contributed by atoms with Gasteiger partial charge in [0.25, 0.3) is 5.91 Å². The molecule has 1 aliphatic rings. The van der Waals surface area contributed by atoms with Crippen molar-refractivity contribution in [1.29, 1.82) is 0 Å². The smallest absolute Gasteiger partial charge is 0.270 e. The average molecular weight is 335 g/mol. The van der Waals surface area contributed by atoms with E-state index in [0.29, 0.717) is 4.47 Å². The highest BCUT2D eigenvalue weighted by molar-refractivity contribution is 9.10. The molecule has 6 heteroatoms. The lowest BCUT2D eigenvalue weighted by atomic mass is 10.0. The summed E-state index contributed by atoms with van der Waals surface area (Å²) in [6.45, 7) is 2.90. The normalized spacial score (nSPS) is 17.4. The number of carbonyl (C=O) groups is 1. The van der Waals surface area contributed by atoms with Gasteiger partial charge in [0, 0.05) is 6.54 Å². The number of hydrogen-bond donors (Lipinski definition) is 2. The van der Waals surface area contributed by atoms with Crippen LogP contribution >= 0.6 is 15.9 Å². The lowest BCUT2D eigenvalue weighted by Gasteiger charge is -2.26. The van der Waals surface area contributed by atoms with Crippen LogP contribution in [0.25, 0.3) is 0 Å². The van der Waals surface area contributed by atoms with Crippen LogP contribution in [-0.2, 0) is 0 Å². The molecule has 0 saturated carbocycles. The van der Waals surface area contributed by atoms with E-state index in [2.05, 4.69) is 57.5 Å². The zero-order valence-electron chi connectivity index (χ0n) is 11.1. The number of nitrogens with two attached hydrogens (primary N) is 1. The number of nitrogens with one attached hydrogen (secondary N) is 1. The first-order chi connectivity index (χ1) is 9.58. The molecule has 1 amide bonds. The molecule has 1 aliphatic heterocycles. The van der Waals surface area contributed by atoms with E-state index < -0.39 is 5.91 Å². The Balaban J connectivity index is 2.08. The minimum absolute atomic E-state index is 0.122. The van der Waals surface area contributed by atoms with Gasteiger partial charge < -0.3 is 11.1 Å². The third-order valence-electron chi connectivity index (χ3n) is 3.55. The number of benzene rings is 1. The second-order valence-electron chi connectivity index (χ2n) is 4.96. The van der Waals surface area contributed by atoms with Crippen LogP contribution in [0.1, 0.15) is 34.1 Å². The van der Waals surface area contributed by atoms with Gasteiger partial charge in [-0.2, -0.15) is 5.10 Å². The van der Waals surface area contributed by atoms with Crippen molar-refractivity contribution in [3.8, 4) is 0 Å². The van der Waals surface area contributed by atoms with Crippen molar-refractivity contribution in [3.63, 3.8) is 0 Å². The van der Waals surface area contributed by atoms with Gasteiger partial charge in [0.05, 0.1) is 10.5 Å². The molecule has 1 aromatic carbocycles. The lowest BCUT2D eigenvalue weighted by molar-refractivity contribution is 0.0994. The maximum absolute atomic E-state index is 11.4. The van der Waals surface area contributed by atoms with Gasteiger partial charge in [-0.15, -0.1) is 0 Å². The molecule has 104 valence electrons. The Bertz CT molecular complexity index is 663. The monoisotopic (exact) mass is 334 g/mol. The van der Waals surface area contributed by atoms with Gasteiger partial charge in [0.1, 0.15) is 5.82 Å². The second kappa shape index (κ2) is 4.94. The molecule has 20 heavy (non-hydrogen) atoms. The lowest BCUT2D eigenvalue weighted by Crippen LogP contribution is -2.24. The fraction of sp³-hybridized carbons (Fsp3) is 0.286. The Hall–Kier alpha value is -1.82. The summed E-state index contributed by atoms with van der Waals surface area (Å²) >= 11 is 3.40. The third-order valence-corrected chi connectivity index (χ3v) is 4.30. The maximum atomic E-state index is 11.4. The SMILES string of the molecule is Cc1ccc(C2CCNc3c(Br)c(C(N)=O)nn32)cc1. The topological polar surface area (TPSA) is 72.9 Å². The molecule has 0 bridgehead atoms. The quantitative estimate of drug-likeness (QED) is 0.885. The van der Waals surface area contributed by atoms with E-state index in [1.54, 1.807) is 0 Å². The third kappa shape index (κ3) is 2.10. The number of primary amides is 1. The Morgan fingerprint density at radius 2 is 2.15 bits per heavy atom. The van der Waals surface area contributed by atoms with E-state index >= 15 is 0 Å². The number of carbonyl (C=O) groups excluding carboxylic acids is 1. The first kappa shape index (κ1) is 13.2. The summed E-state index contributed by atoms with van der Waals surface area (Å²) in [5.74, 6) is 0.291. The van der Waals surface area contributed by atoms with E-state index in [9.17, 15) is 4.79 Å². The molecular weight excluding hydrogens is 320 g/mol. The average Bonchev–Trinajstić information content (AvgIpc) is 2.78. The van der Waals surface area contributed by atoms with Crippen LogP contribution in [0.3, 0.4) is 0 Å². The minimum Gasteiger partial charge on any atom is -0.369 e. The van der Waals surface area contributed by atoms with E-state index in [1.807, 2.05) is 4.68 Å². The first-order valence-electron chi connectivity index (χ1n) is 6.46. The summed E-state index contributed by atoms with van der Waals surface area (Å²) in [6, 6.07) is 8.51. The highest BCUT2D eigenvalue weighted by atomic mass is 79.9. The molecular formula is C14H15BrN4O. The highest BCUT2D eigenvalue weighted by Crippen LogP contribution is 2.35. The molecule has 3 rings (SSSR count). The van der Waals surface area contributed by atoms with Crippen molar-refractivity contribution in [2.45, 2.75) is 19.4 Å². The summed E-state index contributed by atoms with van der Waals surface area (Å²) in [6.07, 6.45) is 0.919. The van der Waals surface area contributed by atoms with E-state index in [1.165, 1.54) is 11.1 Å². The molecule has 2 aromatic rings. The molecule has 1 unspecified atom stereocenters. The predicted molar refractivity (Wildman–Crippen MR) is 80.9 cm³/mol. The van der Waals surface area contributed by atoms with Crippen molar-refractivity contribution in [1.82, 2.24) is 9.78 Å². The largest absolute Gasteiger partial charge is 0.369 e. The zero-order valence-corrected chi connectivity index (χ0v) is 12.6. The Morgan fingerprint density at radius 1 is 1.45 bits per heavy atom. The second-order valence-corrected chi connectivity index (χ2v) is 5.75. The summed E-state index contributed by atoms with van der Waals surface area (Å²) in [5, 5.41) is 7.63. The van der Waals surface area contributed by atoms with Gasteiger partial charge in [0.2, 0.25) is 0 Å². The van der Waals surface area contributed by atoms with Gasteiger partial charge >= 0.3 is 0 Å². The Kier molecular flexibility index (Phi) is 3.25. The molecule has 0 aliphatic carbocycles. The summed E-state index contributed by atoms with van der Waals surface area (Å²) in [7, 11) is 0. The van der Waals surface area contributed by atoms with Crippen molar-refractivity contribution in [2.24, 2.45) is 5.73 Å². The van der Waals surface area contributed by atoms with E-state index in [4.69, 9.17) is 5.73 Å². The molecule has 3 N–H and O–H groups in total. The van der Waals surface area contributed by atoms with Gasteiger partial charge in [-0.3, -0.25) is 4.79 Å². The highest BCUT2D eigenvalue weighted by Gasteiger charge is 2.28. The standard InChI is InChI=1S/C14H15BrN4O/c1-8-2-4-9(5-3-8)10-6-7-17-14-11(15)12(13(16)20)18-19(10)14/h2-5,10,17H,6-7H2,1H3,(H2,16,20).